The molecular weight excluding hydrogens is 274 g/mol. The van der Waals surface area contributed by atoms with Crippen LogP contribution in [-0.4, -0.2) is 27.7 Å². The van der Waals surface area contributed by atoms with E-state index in [-0.39, 0.29) is 12.4 Å². The van der Waals surface area contributed by atoms with E-state index in [1.54, 1.807) is 0 Å². The Morgan fingerprint density at radius 1 is 1.50 bits per heavy atom. The molecule has 0 saturated carbocycles. The number of aromatic hydroxyl groups is 1. The van der Waals surface area contributed by atoms with E-state index in [1.165, 1.54) is 0 Å². The third kappa shape index (κ3) is 3.25. The summed E-state index contributed by atoms with van der Waals surface area (Å²) in [6, 6.07) is 0.597. The van der Waals surface area contributed by atoms with Crippen LogP contribution in [-0.2, 0) is 0 Å². The van der Waals surface area contributed by atoms with Crippen molar-refractivity contribution in [3.8, 4) is 5.75 Å². The van der Waals surface area contributed by atoms with E-state index >= 15 is 0 Å². The summed E-state index contributed by atoms with van der Waals surface area (Å²) in [4.78, 5) is 9.65. The molecule has 4 N–H and O–H groups in total. The van der Waals surface area contributed by atoms with Crippen molar-refractivity contribution in [3.05, 3.63) is 33.9 Å². The van der Waals surface area contributed by atoms with E-state index < -0.39 is 40.5 Å². The van der Waals surface area contributed by atoms with Crippen LogP contribution in [0.15, 0.2) is 18.2 Å². The van der Waals surface area contributed by atoms with Crippen LogP contribution in [0.1, 0.15) is 11.6 Å². The Balaban J connectivity index is 0.00000289. The molecule has 0 heterocycles. The van der Waals surface area contributed by atoms with Crippen molar-refractivity contribution in [3.63, 3.8) is 0 Å². The number of benzene rings is 1. The zero-order valence-electron chi connectivity index (χ0n) is 8.92. The molecule has 0 spiro atoms. The standard InChI is InChI=1S/C9H10F2N2O4.ClH/c10-9(11,4-14)8(12)6-3-5(13(16)17)1-2-7(6)15;/h1-3,8,14-15H,4,12H2;1H/t8-;/m0./s1. The number of non-ortho nitro benzene ring substituents is 1. The number of nitrogens with two attached hydrogens (primary N) is 1. The summed E-state index contributed by atoms with van der Waals surface area (Å²) in [6.45, 7) is -1.52. The molecule has 0 unspecified atom stereocenters. The molecule has 1 aromatic carbocycles. The van der Waals surface area contributed by atoms with E-state index in [0.717, 1.165) is 18.2 Å². The van der Waals surface area contributed by atoms with Gasteiger partial charge in [0.15, 0.2) is 0 Å². The highest BCUT2D eigenvalue weighted by Gasteiger charge is 2.39. The minimum atomic E-state index is -3.67. The molecule has 0 aliphatic carbocycles. The Labute approximate surface area is 107 Å². The van der Waals surface area contributed by atoms with Crippen LogP contribution >= 0.6 is 12.4 Å². The highest BCUT2D eigenvalue weighted by Crippen LogP contribution is 2.35. The topological polar surface area (TPSA) is 110 Å². The molecule has 0 saturated heterocycles. The summed E-state index contributed by atoms with van der Waals surface area (Å²) in [5.74, 6) is -4.26. The van der Waals surface area contributed by atoms with Gasteiger partial charge >= 0.3 is 0 Å². The first-order chi connectivity index (χ1) is 7.79. The Morgan fingerprint density at radius 2 is 2.06 bits per heavy atom. The van der Waals surface area contributed by atoms with E-state index in [9.17, 15) is 24.0 Å². The van der Waals surface area contributed by atoms with Crippen molar-refractivity contribution >= 4 is 18.1 Å². The second-order valence-electron chi connectivity index (χ2n) is 3.40. The number of rotatable bonds is 4. The average Bonchev–Trinajstić information content (AvgIpc) is 2.28. The zero-order chi connectivity index (χ0) is 13.2. The lowest BCUT2D eigenvalue weighted by Crippen LogP contribution is -2.36. The number of alkyl halides is 2. The van der Waals surface area contributed by atoms with Gasteiger partial charge < -0.3 is 15.9 Å². The monoisotopic (exact) mass is 284 g/mol. The number of hydrogen-bond acceptors (Lipinski definition) is 5. The van der Waals surface area contributed by atoms with Crippen LogP contribution in [0.3, 0.4) is 0 Å². The quantitative estimate of drug-likeness (QED) is 0.571. The molecule has 0 amide bonds. The van der Waals surface area contributed by atoms with E-state index in [0.29, 0.717) is 0 Å². The van der Waals surface area contributed by atoms with Gasteiger partial charge in [-0.25, -0.2) is 8.78 Å². The lowest BCUT2D eigenvalue weighted by Gasteiger charge is -2.22. The number of nitrogens with zero attached hydrogens (tertiary/aromatic N) is 1. The molecule has 0 radical (unpaired) electrons. The molecule has 1 rings (SSSR count). The van der Waals surface area contributed by atoms with Crippen molar-refractivity contribution in [1.29, 1.82) is 0 Å². The van der Waals surface area contributed by atoms with Gasteiger partial charge in [-0.05, 0) is 6.07 Å². The number of nitro groups is 1. The first-order valence-electron chi connectivity index (χ1n) is 4.51. The predicted octanol–water partition coefficient (Wildman–Crippen LogP) is 1.35. The van der Waals surface area contributed by atoms with Gasteiger partial charge in [-0.3, -0.25) is 10.1 Å². The molecule has 1 atom stereocenters. The first-order valence-corrected chi connectivity index (χ1v) is 4.51. The van der Waals surface area contributed by atoms with Crippen molar-refractivity contribution in [2.75, 3.05) is 6.61 Å². The maximum atomic E-state index is 13.1. The van der Waals surface area contributed by atoms with Crippen LogP contribution < -0.4 is 5.73 Å². The molecule has 0 aliphatic heterocycles. The Kier molecular flexibility index (Phi) is 5.40. The summed E-state index contributed by atoms with van der Waals surface area (Å²) in [5.41, 5.74) is 4.20. The maximum Gasteiger partial charge on any atom is 0.289 e. The summed E-state index contributed by atoms with van der Waals surface area (Å²) in [7, 11) is 0. The third-order valence-electron chi connectivity index (χ3n) is 2.22. The predicted molar refractivity (Wildman–Crippen MR) is 61.0 cm³/mol. The molecule has 102 valence electrons. The van der Waals surface area contributed by atoms with Crippen molar-refractivity contribution in [2.45, 2.75) is 12.0 Å². The molecule has 0 aromatic heterocycles. The van der Waals surface area contributed by atoms with Crippen molar-refractivity contribution < 1.29 is 23.9 Å². The van der Waals surface area contributed by atoms with Crippen LogP contribution in [0.2, 0.25) is 0 Å². The lowest BCUT2D eigenvalue weighted by molar-refractivity contribution is -0.385. The van der Waals surface area contributed by atoms with Crippen LogP contribution in [0.25, 0.3) is 0 Å². The van der Waals surface area contributed by atoms with E-state index in [2.05, 4.69) is 0 Å². The Hall–Kier alpha value is -1.51. The second kappa shape index (κ2) is 5.89. The number of phenols is 1. The maximum absolute atomic E-state index is 13.1. The van der Waals surface area contributed by atoms with Crippen molar-refractivity contribution in [1.82, 2.24) is 0 Å². The largest absolute Gasteiger partial charge is 0.508 e. The summed E-state index contributed by atoms with van der Waals surface area (Å²) in [6.07, 6.45) is 0. The fourth-order valence-corrected chi connectivity index (χ4v) is 1.23. The first kappa shape index (κ1) is 16.5. The SMILES string of the molecule is Cl.N[C@@H](c1cc([N+](=O)[O-])ccc1O)C(F)(F)CO. The van der Waals surface area contributed by atoms with Gasteiger partial charge in [0.25, 0.3) is 11.6 Å². The van der Waals surface area contributed by atoms with Gasteiger partial charge in [0.2, 0.25) is 0 Å². The molecule has 1 aromatic rings. The van der Waals surface area contributed by atoms with Gasteiger partial charge in [0.1, 0.15) is 18.4 Å². The summed E-state index contributed by atoms with van der Waals surface area (Å²) in [5, 5.41) is 28.2. The molecule has 9 heteroatoms. The Bertz CT molecular complexity index is 445. The van der Waals surface area contributed by atoms with Gasteiger partial charge in [0, 0.05) is 17.7 Å². The third-order valence-corrected chi connectivity index (χ3v) is 2.22. The van der Waals surface area contributed by atoms with Gasteiger partial charge in [-0.2, -0.15) is 0 Å². The normalized spacial score (nSPS) is 12.7. The fraction of sp³-hybridized carbons (Fsp3) is 0.333. The molecular formula is C9H11ClF2N2O4. The van der Waals surface area contributed by atoms with Gasteiger partial charge in [-0.1, -0.05) is 0 Å². The second-order valence-corrected chi connectivity index (χ2v) is 3.40. The molecule has 6 nitrogen and oxygen atoms in total. The van der Waals surface area contributed by atoms with Crippen LogP contribution in [0.4, 0.5) is 14.5 Å². The van der Waals surface area contributed by atoms with E-state index in [1.807, 2.05) is 0 Å². The van der Waals surface area contributed by atoms with Crippen LogP contribution in [0, 0.1) is 10.1 Å². The van der Waals surface area contributed by atoms with E-state index in [4.69, 9.17) is 10.8 Å². The smallest absolute Gasteiger partial charge is 0.289 e. The Morgan fingerprint density at radius 3 is 2.50 bits per heavy atom. The van der Waals surface area contributed by atoms with Gasteiger partial charge in [-0.15, -0.1) is 12.4 Å². The number of phenolic OH excluding ortho intramolecular Hbond substituents is 1. The summed E-state index contributed by atoms with van der Waals surface area (Å²) < 4.78 is 26.2. The molecule has 0 aliphatic rings. The minimum Gasteiger partial charge on any atom is -0.508 e. The molecule has 0 fully saturated rings. The lowest BCUT2D eigenvalue weighted by atomic mass is 10.0. The van der Waals surface area contributed by atoms with Gasteiger partial charge in [0.05, 0.1) is 4.92 Å². The van der Waals surface area contributed by atoms with Crippen LogP contribution in [0.5, 0.6) is 5.75 Å². The summed E-state index contributed by atoms with van der Waals surface area (Å²) >= 11 is 0. The zero-order valence-corrected chi connectivity index (χ0v) is 9.73. The number of aliphatic hydroxyl groups excluding tert-OH is 1. The fourth-order valence-electron chi connectivity index (χ4n) is 1.23. The highest BCUT2D eigenvalue weighted by atomic mass is 35.5. The molecule has 0 bridgehead atoms. The molecule has 18 heavy (non-hydrogen) atoms. The number of aliphatic hydroxyl groups is 1. The van der Waals surface area contributed by atoms with Crippen molar-refractivity contribution in [2.24, 2.45) is 5.73 Å². The number of hydrogen-bond donors (Lipinski definition) is 3. The number of nitro benzene ring substituents is 1. The average molecular weight is 285 g/mol. The highest BCUT2D eigenvalue weighted by molar-refractivity contribution is 5.85. The minimum absolute atomic E-state index is 0. The number of halogens is 3.